The number of pyridine rings is 1. The zero-order valence-corrected chi connectivity index (χ0v) is 21.5. The number of benzene rings is 2. The number of imidazole rings is 1. The second-order valence-corrected chi connectivity index (χ2v) is 7.98. The highest BCUT2D eigenvalue weighted by Gasteiger charge is 2.23. The topological polar surface area (TPSA) is 39.6 Å². The minimum Gasteiger partial charge on any atom is -1.00 e. The predicted octanol–water partition coefficient (Wildman–Crippen LogP) is 1.16. The third-order valence-corrected chi connectivity index (χ3v) is 6.26. The Morgan fingerprint density at radius 2 is 1.73 bits per heavy atom. The van der Waals surface area contributed by atoms with Gasteiger partial charge in [0.25, 0.3) is 5.82 Å². The number of ether oxygens (including phenoxy) is 2. The first kappa shape index (κ1) is 23.0. The largest absolute Gasteiger partial charge is 1.00 e. The van der Waals surface area contributed by atoms with E-state index in [9.17, 15) is 0 Å². The van der Waals surface area contributed by atoms with E-state index in [0.29, 0.717) is 0 Å². The van der Waals surface area contributed by atoms with Crippen LogP contribution >= 0.6 is 0 Å². The molecule has 5 aromatic rings. The number of hydrogen-bond donors (Lipinski definition) is 0. The Kier molecular flexibility index (Phi) is 6.30. The zero-order chi connectivity index (χ0) is 22.4. The van der Waals surface area contributed by atoms with Gasteiger partial charge in [-0.25, -0.2) is 4.57 Å². The summed E-state index contributed by atoms with van der Waals surface area (Å²) in [5, 5.41) is 1.11. The van der Waals surface area contributed by atoms with Gasteiger partial charge in [-0.05, 0) is 41.7 Å². The van der Waals surface area contributed by atoms with Crippen molar-refractivity contribution in [2.75, 3.05) is 14.2 Å². The number of methoxy groups -OCH3 is 2. The molecule has 0 unspecified atom stereocenters. The molecule has 0 aliphatic carbocycles. The van der Waals surface area contributed by atoms with Crippen molar-refractivity contribution in [2.45, 2.75) is 13.8 Å². The Morgan fingerprint density at radius 3 is 2.42 bits per heavy atom. The molecule has 2 aromatic carbocycles. The van der Waals surface area contributed by atoms with Gasteiger partial charge in [0.1, 0.15) is 17.0 Å². The lowest BCUT2D eigenvalue weighted by Crippen LogP contribution is -3.00. The molecular weight excluding hydrogens is 525 g/mol. The smallest absolute Gasteiger partial charge is 0.296 e. The molecule has 5 nitrogen and oxygen atoms in total. The standard InChI is InChI=1S/C27H26N3O2.HI/c1-17-25(19-9-7-6-8-10-19)22(16-20-15-21(31-4)11-12-24(20)32-5)27-26-23(13-14-30(17)27)29(3)18(2)28-26;/h6-16H,1-5H3;1H/q+1;/p-1. The zero-order valence-electron chi connectivity index (χ0n) is 19.4. The first-order valence-electron chi connectivity index (χ1n) is 10.6. The average Bonchev–Trinajstić information content (AvgIpc) is 3.27. The van der Waals surface area contributed by atoms with Gasteiger partial charge in [-0.3, -0.25) is 0 Å². The molecule has 0 aliphatic heterocycles. The van der Waals surface area contributed by atoms with Crippen LogP contribution in [0.3, 0.4) is 0 Å². The lowest BCUT2D eigenvalue weighted by atomic mass is 10.0. The minimum absolute atomic E-state index is 0. The number of fused-ring (bicyclic) bond motifs is 3. The Labute approximate surface area is 210 Å². The molecule has 3 aromatic heterocycles. The number of aromatic nitrogens is 3. The number of halogens is 1. The average molecular weight is 551 g/mol. The summed E-state index contributed by atoms with van der Waals surface area (Å²) in [6, 6.07) is 18.5. The van der Waals surface area contributed by atoms with Gasteiger partial charge in [-0.1, -0.05) is 30.3 Å². The van der Waals surface area contributed by atoms with Crippen LogP contribution < -0.4 is 43.2 Å². The van der Waals surface area contributed by atoms with Gasteiger partial charge in [0.2, 0.25) is 5.52 Å². The van der Waals surface area contributed by atoms with E-state index < -0.39 is 0 Å². The molecule has 0 atom stereocenters. The molecule has 0 radical (unpaired) electrons. The fraction of sp³-hybridized carbons (Fsp3) is 0.185. The van der Waals surface area contributed by atoms with Crippen LogP contribution in [0.4, 0.5) is 0 Å². The van der Waals surface area contributed by atoms with Crippen LogP contribution in [-0.2, 0) is 7.05 Å². The summed E-state index contributed by atoms with van der Waals surface area (Å²) in [6.07, 6.45) is 4.33. The van der Waals surface area contributed by atoms with Crippen molar-refractivity contribution in [3.05, 3.63) is 83.1 Å². The number of nitrogens with zero attached hydrogens (tertiary/aromatic N) is 3. The van der Waals surface area contributed by atoms with E-state index in [-0.39, 0.29) is 24.0 Å². The SMILES string of the molecule is COc1ccc(OC)c(C=c2c(-c3ccccc3)c(C)n3ccc4c(nc(C)[n+]4C)c23)c1.[I-]. The number of aryl methyl sites for hydroxylation is 3. The van der Waals surface area contributed by atoms with E-state index >= 15 is 0 Å². The van der Waals surface area contributed by atoms with Crippen molar-refractivity contribution < 1.29 is 38.0 Å². The predicted molar refractivity (Wildman–Crippen MR) is 127 cm³/mol. The molecule has 6 heteroatoms. The van der Waals surface area contributed by atoms with E-state index in [1.807, 2.05) is 31.2 Å². The Hall–Kier alpha value is -3.13. The summed E-state index contributed by atoms with van der Waals surface area (Å²) in [7, 11) is 5.43. The highest BCUT2D eigenvalue weighted by Crippen LogP contribution is 2.29. The fourth-order valence-electron chi connectivity index (χ4n) is 4.51. The maximum absolute atomic E-state index is 5.68. The summed E-state index contributed by atoms with van der Waals surface area (Å²) in [5.74, 6) is 2.57. The Morgan fingerprint density at radius 1 is 0.970 bits per heavy atom. The fourth-order valence-corrected chi connectivity index (χ4v) is 4.51. The van der Waals surface area contributed by atoms with Crippen LogP contribution in [0.5, 0.6) is 11.5 Å². The molecule has 0 spiro atoms. The third-order valence-electron chi connectivity index (χ3n) is 6.26. The van der Waals surface area contributed by atoms with Gasteiger partial charge >= 0.3 is 0 Å². The third kappa shape index (κ3) is 3.72. The van der Waals surface area contributed by atoms with Gasteiger partial charge in [0, 0.05) is 41.2 Å². The van der Waals surface area contributed by atoms with Crippen LogP contribution in [0.2, 0.25) is 0 Å². The van der Waals surface area contributed by atoms with E-state index in [1.54, 1.807) is 14.2 Å². The van der Waals surface area contributed by atoms with E-state index in [4.69, 9.17) is 14.5 Å². The highest BCUT2D eigenvalue weighted by molar-refractivity contribution is 5.94. The molecule has 5 rings (SSSR count). The second-order valence-electron chi connectivity index (χ2n) is 7.98. The monoisotopic (exact) mass is 551 g/mol. The summed E-state index contributed by atoms with van der Waals surface area (Å²) in [4.78, 5) is 4.93. The van der Waals surface area contributed by atoms with Crippen LogP contribution in [-0.4, -0.2) is 23.6 Å². The van der Waals surface area contributed by atoms with Crippen LogP contribution in [0.25, 0.3) is 33.8 Å². The minimum atomic E-state index is 0. The van der Waals surface area contributed by atoms with Gasteiger partial charge in [-0.2, -0.15) is 0 Å². The van der Waals surface area contributed by atoms with Gasteiger partial charge in [-0.15, -0.1) is 0 Å². The van der Waals surface area contributed by atoms with Crippen LogP contribution in [0.15, 0.2) is 60.8 Å². The van der Waals surface area contributed by atoms with E-state index in [0.717, 1.165) is 44.7 Å². The Bertz CT molecular complexity index is 1520. The van der Waals surface area contributed by atoms with Gasteiger partial charge in [0.05, 0.1) is 21.3 Å². The molecule has 168 valence electrons. The first-order chi connectivity index (χ1) is 15.5. The summed E-state index contributed by atoms with van der Waals surface area (Å²) >= 11 is 0. The van der Waals surface area contributed by atoms with Crippen LogP contribution in [0.1, 0.15) is 17.1 Å². The molecule has 0 fully saturated rings. The van der Waals surface area contributed by atoms with E-state index in [1.165, 1.54) is 16.8 Å². The van der Waals surface area contributed by atoms with Gasteiger partial charge in [0.15, 0.2) is 5.52 Å². The van der Waals surface area contributed by atoms with E-state index in [2.05, 4.69) is 65.5 Å². The molecule has 0 bridgehead atoms. The molecular formula is C27H26IN3O2. The molecule has 3 heterocycles. The van der Waals surface area contributed by atoms with Crippen molar-refractivity contribution in [3.63, 3.8) is 0 Å². The lowest BCUT2D eigenvalue weighted by molar-refractivity contribution is -0.651. The van der Waals surface area contributed by atoms with Crippen LogP contribution in [0, 0.1) is 13.8 Å². The quantitative estimate of drug-likeness (QED) is 0.249. The highest BCUT2D eigenvalue weighted by atomic mass is 127. The number of hydrogen-bond acceptors (Lipinski definition) is 3. The van der Waals surface area contributed by atoms with Gasteiger partial charge < -0.3 is 37.9 Å². The molecule has 0 aliphatic rings. The molecule has 0 saturated carbocycles. The van der Waals surface area contributed by atoms with Crippen molar-refractivity contribution in [2.24, 2.45) is 7.05 Å². The normalized spacial score (nSPS) is 11.7. The first-order valence-corrected chi connectivity index (χ1v) is 10.6. The maximum atomic E-state index is 5.68. The molecule has 33 heavy (non-hydrogen) atoms. The lowest BCUT2D eigenvalue weighted by Gasteiger charge is -2.07. The molecule has 0 saturated heterocycles. The maximum Gasteiger partial charge on any atom is 0.296 e. The molecule has 0 amide bonds. The number of rotatable bonds is 4. The summed E-state index contributed by atoms with van der Waals surface area (Å²) in [6.45, 7) is 4.20. The molecule has 0 N–H and O–H groups in total. The summed E-state index contributed by atoms with van der Waals surface area (Å²) in [5.41, 5.74) is 7.68. The van der Waals surface area contributed by atoms with Crippen molar-refractivity contribution in [3.8, 4) is 22.6 Å². The second kappa shape index (κ2) is 9.02. The van der Waals surface area contributed by atoms with Crippen molar-refractivity contribution in [1.29, 1.82) is 0 Å². The van der Waals surface area contributed by atoms with Crippen molar-refractivity contribution >= 4 is 22.6 Å². The Balaban J connectivity index is 0.00000259. The van der Waals surface area contributed by atoms with Crippen molar-refractivity contribution in [1.82, 2.24) is 9.38 Å². The summed E-state index contributed by atoms with van der Waals surface area (Å²) < 4.78 is 15.6.